The number of methoxy groups -OCH3 is 2. The average molecular weight is 533 g/mol. The molecule has 1 atom stereocenters. The van der Waals surface area contributed by atoms with Crippen LogP contribution in [0.1, 0.15) is 54.9 Å². The van der Waals surface area contributed by atoms with E-state index >= 15 is 0 Å². The molecule has 6 nitrogen and oxygen atoms in total. The number of ether oxygens (including phenoxy) is 3. The van der Waals surface area contributed by atoms with Gasteiger partial charge in [-0.2, -0.15) is 0 Å². The number of fused-ring (bicyclic) bond motifs is 1. The molecule has 3 aromatic carbocycles. The van der Waals surface area contributed by atoms with E-state index in [-0.39, 0.29) is 5.54 Å². The second-order valence-electron chi connectivity index (χ2n) is 11.4. The van der Waals surface area contributed by atoms with Crippen molar-refractivity contribution in [3.63, 3.8) is 0 Å². The van der Waals surface area contributed by atoms with E-state index in [1.54, 1.807) is 20.3 Å². The van der Waals surface area contributed by atoms with Crippen LogP contribution in [0.2, 0.25) is 0 Å². The molecule has 2 N–H and O–H groups in total. The van der Waals surface area contributed by atoms with E-state index in [1.165, 1.54) is 22.3 Å². The molecule has 0 amide bonds. The maximum absolute atomic E-state index is 9.88. The van der Waals surface area contributed by atoms with Gasteiger partial charge < -0.3 is 29.5 Å². The Morgan fingerprint density at radius 3 is 2.36 bits per heavy atom. The summed E-state index contributed by atoms with van der Waals surface area (Å²) in [5, 5.41) is 13.6. The first-order valence-electron chi connectivity index (χ1n) is 13.9. The van der Waals surface area contributed by atoms with Crippen LogP contribution in [0.3, 0.4) is 0 Å². The van der Waals surface area contributed by atoms with Crippen LogP contribution in [-0.2, 0) is 19.3 Å². The summed E-state index contributed by atoms with van der Waals surface area (Å²) in [6.07, 6.45) is 4.92. The number of aromatic hydroxyl groups is 1. The number of phenols is 1. The topological polar surface area (TPSA) is 63.2 Å². The second kappa shape index (κ2) is 12.6. The van der Waals surface area contributed by atoms with Crippen molar-refractivity contribution in [1.82, 2.24) is 4.90 Å². The Balaban J connectivity index is 1.38. The van der Waals surface area contributed by atoms with Crippen LogP contribution in [0, 0.1) is 0 Å². The summed E-state index contributed by atoms with van der Waals surface area (Å²) in [5.74, 6) is 3.11. The van der Waals surface area contributed by atoms with Crippen molar-refractivity contribution in [2.24, 2.45) is 0 Å². The molecule has 39 heavy (non-hydrogen) atoms. The standard InChI is InChI=1S/C33H44N2O4/c1-33(2,35(3)4)22-39-28-15-9-23(10-16-28)8-7-17-34-30-21-32(38-6)31(37-5)20-29(30)26-12-11-25-19-27(36)14-13-24(25)18-26/h9-10,13-16,19-21,26,34,36H,7-8,11-12,17-18,22H2,1-6H3/t26-/m1/s1. The number of rotatable bonds is 12. The first-order valence-corrected chi connectivity index (χ1v) is 13.9. The van der Waals surface area contributed by atoms with Crippen molar-refractivity contribution in [2.75, 3.05) is 46.8 Å². The Labute approximate surface area is 233 Å². The van der Waals surface area contributed by atoms with Crippen LogP contribution in [0.25, 0.3) is 0 Å². The van der Waals surface area contributed by atoms with Crippen LogP contribution in [0.4, 0.5) is 5.69 Å². The summed E-state index contributed by atoms with van der Waals surface area (Å²) in [4.78, 5) is 2.18. The Morgan fingerprint density at radius 1 is 0.949 bits per heavy atom. The molecule has 3 aromatic rings. The van der Waals surface area contributed by atoms with Gasteiger partial charge in [0.1, 0.15) is 18.1 Å². The molecule has 0 bridgehead atoms. The molecule has 0 spiro atoms. The third-order valence-corrected chi connectivity index (χ3v) is 8.10. The van der Waals surface area contributed by atoms with Gasteiger partial charge in [-0.05, 0) is 119 Å². The molecular formula is C33H44N2O4. The van der Waals surface area contributed by atoms with Crippen LogP contribution < -0.4 is 19.5 Å². The maximum atomic E-state index is 9.88. The lowest BCUT2D eigenvalue weighted by atomic mass is 9.79. The van der Waals surface area contributed by atoms with Crippen LogP contribution in [-0.4, -0.2) is 57.0 Å². The normalized spacial score (nSPS) is 15.1. The van der Waals surface area contributed by atoms with E-state index < -0.39 is 0 Å². The van der Waals surface area contributed by atoms with Crippen LogP contribution >= 0.6 is 0 Å². The zero-order valence-electron chi connectivity index (χ0n) is 24.3. The molecule has 0 heterocycles. The zero-order chi connectivity index (χ0) is 28.0. The summed E-state index contributed by atoms with van der Waals surface area (Å²) in [7, 11) is 7.52. The molecule has 0 saturated heterocycles. The number of nitrogens with one attached hydrogen (secondary N) is 1. The van der Waals surface area contributed by atoms with Gasteiger partial charge >= 0.3 is 0 Å². The summed E-state index contributed by atoms with van der Waals surface area (Å²) in [5.41, 5.74) is 6.20. The third-order valence-electron chi connectivity index (χ3n) is 8.10. The number of hydrogen-bond donors (Lipinski definition) is 2. The average Bonchev–Trinajstić information content (AvgIpc) is 2.94. The molecule has 0 unspecified atom stereocenters. The van der Waals surface area contributed by atoms with Gasteiger partial charge in [-0.1, -0.05) is 18.2 Å². The number of nitrogens with zero attached hydrogens (tertiary/aromatic N) is 1. The van der Waals surface area contributed by atoms with Gasteiger partial charge in [0.05, 0.1) is 14.2 Å². The van der Waals surface area contributed by atoms with E-state index in [0.717, 1.165) is 61.6 Å². The summed E-state index contributed by atoms with van der Waals surface area (Å²) in [6.45, 7) is 5.86. The fourth-order valence-corrected chi connectivity index (χ4v) is 5.05. The fourth-order valence-electron chi connectivity index (χ4n) is 5.05. The number of anilines is 1. The lowest BCUT2D eigenvalue weighted by Gasteiger charge is -2.32. The summed E-state index contributed by atoms with van der Waals surface area (Å²) >= 11 is 0. The molecule has 0 aromatic heterocycles. The van der Waals surface area contributed by atoms with Gasteiger partial charge in [-0.25, -0.2) is 0 Å². The van der Waals surface area contributed by atoms with E-state index in [2.05, 4.69) is 80.6 Å². The van der Waals surface area contributed by atoms with Crippen molar-refractivity contribution < 1.29 is 19.3 Å². The quantitative estimate of drug-likeness (QED) is 0.262. The Bertz CT molecular complexity index is 1240. The second-order valence-corrected chi connectivity index (χ2v) is 11.4. The number of hydrogen-bond acceptors (Lipinski definition) is 6. The smallest absolute Gasteiger partial charge is 0.162 e. The number of phenolic OH excluding ortho intramolecular Hbond substituents is 1. The monoisotopic (exact) mass is 532 g/mol. The first kappa shape index (κ1) is 28.6. The highest BCUT2D eigenvalue weighted by Gasteiger charge is 2.25. The number of benzene rings is 3. The number of aryl methyl sites for hydroxylation is 2. The summed E-state index contributed by atoms with van der Waals surface area (Å²) in [6, 6.07) is 18.4. The van der Waals surface area contributed by atoms with E-state index in [1.807, 2.05) is 6.07 Å². The maximum Gasteiger partial charge on any atom is 0.162 e. The molecule has 210 valence electrons. The minimum absolute atomic E-state index is 0.0166. The zero-order valence-corrected chi connectivity index (χ0v) is 24.3. The van der Waals surface area contributed by atoms with Crippen molar-refractivity contribution in [3.8, 4) is 23.0 Å². The van der Waals surface area contributed by atoms with Gasteiger partial charge in [0.25, 0.3) is 0 Å². The van der Waals surface area contributed by atoms with Crippen molar-refractivity contribution in [1.29, 1.82) is 0 Å². The Kier molecular flexibility index (Phi) is 9.28. The minimum Gasteiger partial charge on any atom is -0.508 e. The van der Waals surface area contributed by atoms with Gasteiger partial charge in [-0.3, -0.25) is 0 Å². The highest BCUT2D eigenvalue weighted by molar-refractivity contribution is 5.62. The highest BCUT2D eigenvalue weighted by Crippen LogP contribution is 2.42. The molecule has 0 saturated carbocycles. The van der Waals surface area contributed by atoms with E-state index in [0.29, 0.717) is 18.3 Å². The van der Waals surface area contributed by atoms with Gasteiger partial charge in [0.15, 0.2) is 11.5 Å². The van der Waals surface area contributed by atoms with Gasteiger partial charge in [-0.15, -0.1) is 0 Å². The third kappa shape index (κ3) is 7.18. The predicted octanol–water partition coefficient (Wildman–Crippen LogP) is 6.45. The molecule has 1 aliphatic carbocycles. The lowest BCUT2D eigenvalue weighted by molar-refractivity contribution is 0.114. The summed E-state index contributed by atoms with van der Waals surface area (Å²) < 4.78 is 17.3. The number of likely N-dealkylation sites (N-methyl/N-ethyl adjacent to an activating group) is 1. The van der Waals surface area contributed by atoms with Crippen LogP contribution in [0.5, 0.6) is 23.0 Å². The van der Waals surface area contributed by atoms with Crippen molar-refractivity contribution >= 4 is 5.69 Å². The molecule has 4 rings (SSSR count). The molecule has 6 heteroatoms. The van der Waals surface area contributed by atoms with Gasteiger partial charge in [0.2, 0.25) is 0 Å². The van der Waals surface area contributed by atoms with Gasteiger partial charge in [0, 0.05) is 23.8 Å². The Morgan fingerprint density at radius 2 is 1.67 bits per heavy atom. The van der Waals surface area contributed by atoms with Crippen LogP contribution in [0.15, 0.2) is 54.6 Å². The van der Waals surface area contributed by atoms with Crippen molar-refractivity contribution in [2.45, 2.75) is 57.4 Å². The largest absolute Gasteiger partial charge is 0.508 e. The van der Waals surface area contributed by atoms with E-state index in [9.17, 15) is 5.11 Å². The van der Waals surface area contributed by atoms with Crippen molar-refractivity contribution in [3.05, 3.63) is 76.9 Å². The molecule has 0 aliphatic heterocycles. The fraction of sp³-hybridized carbons (Fsp3) is 0.455. The highest BCUT2D eigenvalue weighted by atomic mass is 16.5. The lowest BCUT2D eigenvalue weighted by Crippen LogP contribution is -2.43. The molecule has 0 radical (unpaired) electrons. The van der Waals surface area contributed by atoms with E-state index in [4.69, 9.17) is 14.2 Å². The predicted molar refractivity (Wildman–Crippen MR) is 159 cm³/mol. The molecule has 0 fully saturated rings. The first-order chi connectivity index (χ1) is 18.7. The SMILES string of the molecule is COc1cc(NCCCc2ccc(OCC(C)(C)N(C)C)cc2)c([C@@H]2CCc3cc(O)ccc3C2)cc1OC. The molecular weight excluding hydrogens is 488 g/mol. The minimum atomic E-state index is -0.0166. The Hall–Kier alpha value is -3.38. The molecule has 1 aliphatic rings.